The summed E-state index contributed by atoms with van der Waals surface area (Å²) in [4.78, 5) is 21.0. The predicted molar refractivity (Wildman–Crippen MR) is 142 cm³/mol. The molecule has 1 aromatic heterocycles. The number of carbonyl (C=O) groups excluding carboxylic acids is 1. The van der Waals surface area contributed by atoms with Crippen LogP contribution in [0.4, 0.5) is 5.69 Å². The Morgan fingerprint density at radius 2 is 1.94 bits per heavy atom. The Kier molecular flexibility index (Phi) is 9.86. The van der Waals surface area contributed by atoms with Gasteiger partial charge >= 0.3 is 0 Å². The van der Waals surface area contributed by atoms with Crippen LogP contribution in [0.2, 0.25) is 0 Å². The molecule has 1 unspecified atom stereocenters. The van der Waals surface area contributed by atoms with Crippen molar-refractivity contribution in [2.45, 2.75) is 32.4 Å². The molecule has 2 aliphatic heterocycles. The van der Waals surface area contributed by atoms with E-state index < -0.39 is 0 Å². The quantitative estimate of drug-likeness (QED) is 0.259. The van der Waals surface area contributed by atoms with Crippen LogP contribution in [-0.2, 0) is 11.3 Å². The Balaban J connectivity index is 0.00000306. The standard InChI is InChI=1S/C24H34N6O2.HI/c1-2-25-24(28-17-21(22-6-5-15-32-22)29-12-3-4-13-29)27-16-19-7-9-20(10-8-19)30-14-11-26-23(31)18-30;/h5-10,15,21H,2-4,11-14,16-18H2,1H3,(H,26,31)(H2,25,27,28);1H. The minimum absolute atomic E-state index is 0. The van der Waals surface area contributed by atoms with Gasteiger partial charge in [0.25, 0.3) is 0 Å². The average Bonchev–Trinajstić information content (AvgIpc) is 3.53. The summed E-state index contributed by atoms with van der Waals surface area (Å²) in [7, 11) is 0. The lowest BCUT2D eigenvalue weighted by Crippen LogP contribution is -2.47. The predicted octanol–water partition coefficient (Wildman–Crippen LogP) is 2.73. The Hall–Kier alpha value is -2.27. The molecule has 2 aliphatic rings. The van der Waals surface area contributed by atoms with Gasteiger partial charge in [-0.3, -0.25) is 9.69 Å². The molecule has 180 valence electrons. The van der Waals surface area contributed by atoms with Crippen molar-refractivity contribution in [3.8, 4) is 0 Å². The zero-order valence-corrected chi connectivity index (χ0v) is 21.6. The lowest BCUT2D eigenvalue weighted by atomic mass is 10.2. The van der Waals surface area contributed by atoms with Crippen molar-refractivity contribution in [3.63, 3.8) is 0 Å². The molecule has 0 radical (unpaired) electrons. The highest BCUT2D eigenvalue weighted by Crippen LogP contribution is 2.25. The summed E-state index contributed by atoms with van der Waals surface area (Å²) in [5.41, 5.74) is 2.21. The van der Waals surface area contributed by atoms with Crippen LogP contribution in [-0.4, -0.2) is 62.6 Å². The second kappa shape index (κ2) is 12.8. The van der Waals surface area contributed by atoms with Gasteiger partial charge in [0.2, 0.25) is 5.91 Å². The summed E-state index contributed by atoms with van der Waals surface area (Å²) in [6.07, 6.45) is 4.23. The van der Waals surface area contributed by atoms with Crippen LogP contribution in [0, 0.1) is 0 Å². The Morgan fingerprint density at radius 3 is 2.61 bits per heavy atom. The minimum atomic E-state index is 0. The molecule has 1 aromatic carbocycles. The lowest BCUT2D eigenvalue weighted by molar-refractivity contribution is -0.120. The summed E-state index contributed by atoms with van der Waals surface area (Å²) < 4.78 is 5.73. The second-order valence-corrected chi connectivity index (χ2v) is 8.29. The van der Waals surface area contributed by atoms with E-state index in [1.807, 2.05) is 6.07 Å². The molecule has 3 N–H and O–H groups in total. The number of nitrogens with zero attached hydrogens (tertiary/aromatic N) is 3. The molecule has 4 rings (SSSR count). The first-order chi connectivity index (χ1) is 15.7. The number of hydrogen-bond donors (Lipinski definition) is 3. The molecule has 1 amide bonds. The van der Waals surface area contributed by atoms with Crippen LogP contribution in [0.25, 0.3) is 0 Å². The zero-order chi connectivity index (χ0) is 22.2. The number of nitrogens with one attached hydrogen (secondary N) is 3. The van der Waals surface area contributed by atoms with E-state index in [4.69, 9.17) is 9.41 Å². The average molecular weight is 566 g/mol. The van der Waals surface area contributed by atoms with Crippen molar-refractivity contribution >= 4 is 41.5 Å². The number of aliphatic imine (C=N–C) groups is 1. The Morgan fingerprint density at radius 1 is 1.15 bits per heavy atom. The van der Waals surface area contributed by atoms with E-state index in [1.165, 1.54) is 12.8 Å². The third-order valence-electron chi connectivity index (χ3n) is 6.02. The molecule has 0 bridgehead atoms. The van der Waals surface area contributed by atoms with Crippen molar-refractivity contribution in [2.75, 3.05) is 50.7 Å². The number of furan rings is 1. The molecule has 33 heavy (non-hydrogen) atoms. The van der Waals surface area contributed by atoms with Crippen molar-refractivity contribution in [1.29, 1.82) is 0 Å². The number of piperazine rings is 1. The van der Waals surface area contributed by atoms with Crippen molar-refractivity contribution in [2.24, 2.45) is 4.99 Å². The molecule has 0 aliphatic carbocycles. The fourth-order valence-corrected chi connectivity index (χ4v) is 4.32. The fraction of sp³-hybridized carbons (Fsp3) is 0.500. The molecular formula is C24H35IN6O2. The van der Waals surface area contributed by atoms with Gasteiger partial charge in [-0.2, -0.15) is 0 Å². The maximum absolute atomic E-state index is 11.6. The van der Waals surface area contributed by atoms with Crippen LogP contribution in [0.1, 0.15) is 37.1 Å². The smallest absolute Gasteiger partial charge is 0.239 e. The number of halogens is 1. The Labute approximate surface area is 213 Å². The number of carbonyl (C=O) groups is 1. The third kappa shape index (κ3) is 7.10. The van der Waals surface area contributed by atoms with Gasteiger partial charge in [-0.25, -0.2) is 4.99 Å². The third-order valence-corrected chi connectivity index (χ3v) is 6.02. The van der Waals surface area contributed by atoms with Gasteiger partial charge in [-0.05, 0) is 62.7 Å². The Bertz CT molecular complexity index is 881. The van der Waals surface area contributed by atoms with Gasteiger partial charge in [-0.15, -0.1) is 24.0 Å². The highest BCUT2D eigenvalue weighted by molar-refractivity contribution is 14.0. The first-order valence-corrected chi connectivity index (χ1v) is 11.6. The monoisotopic (exact) mass is 566 g/mol. The molecule has 0 spiro atoms. The van der Waals surface area contributed by atoms with E-state index >= 15 is 0 Å². The molecular weight excluding hydrogens is 531 g/mol. The number of anilines is 1. The lowest BCUT2D eigenvalue weighted by Gasteiger charge is -2.28. The molecule has 2 saturated heterocycles. The first-order valence-electron chi connectivity index (χ1n) is 11.6. The first kappa shape index (κ1) is 25.4. The van der Waals surface area contributed by atoms with Gasteiger partial charge in [0.1, 0.15) is 5.76 Å². The number of rotatable bonds is 8. The number of amides is 1. The normalized spacial score (nSPS) is 17.9. The zero-order valence-electron chi connectivity index (χ0n) is 19.3. The van der Waals surface area contributed by atoms with E-state index in [9.17, 15) is 4.79 Å². The van der Waals surface area contributed by atoms with Crippen LogP contribution >= 0.6 is 24.0 Å². The van der Waals surface area contributed by atoms with Gasteiger partial charge in [0.15, 0.2) is 5.96 Å². The molecule has 2 aromatic rings. The van der Waals surface area contributed by atoms with E-state index in [1.54, 1.807) is 6.26 Å². The number of hydrogen-bond acceptors (Lipinski definition) is 5. The van der Waals surface area contributed by atoms with Crippen molar-refractivity contribution in [1.82, 2.24) is 20.9 Å². The molecule has 1 atom stereocenters. The van der Waals surface area contributed by atoms with E-state index in [0.29, 0.717) is 19.6 Å². The second-order valence-electron chi connectivity index (χ2n) is 8.29. The van der Waals surface area contributed by atoms with Crippen LogP contribution < -0.4 is 20.9 Å². The summed E-state index contributed by atoms with van der Waals surface area (Å²) >= 11 is 0. The number of likely N-dealkylation sites (tertiary alicyclic amines) is 1. The summed E-state index contributed by atoms with van der Waals surface area (Å²) in [5.74, 6) is 1.88. The highest BCUT2D eigenvalue weighted by atomic mass is 127. The fourth-order valence-electron chi connectivity index (χ4n) is 4.32. The number of guanidine groups is 1. The topological polar surface area (TPSA) is 85.1 Å². The summed E-state index contributed by atoms with van der Waals surface area (Å²) in [6.45, 7) is 8.37. The molecule has 0 saturated carbocycles. The molecule has 3 heterocycles. The van der Waals surface area contributed by atoms with E-state index in [0.717, 1.165) is 55.7 Å². The van der Waals surface area contributed by atoms with Crippen LogP contribution in [0.3, 0.4) is 0 Å². The van der Waals surface area contributed by atoms with Gasteiger partial charge in [-0.1, -0.05) is 12.1 Å². The summed E-state index contributed by atoms with van der Waals surface area (Å²) in [5, 5.41) is 9.72. The maximum atomic E-state index is 11.6. The minimum Gasteiger partial charge on any atom is -0.468 e. The largest absolute Gasteiger partial charge is 0.468 e. The molecule has 8 nitrogen and oxygen atoms in total. The summed E-state index contributed by atoms with van der Waals surface area (Å²) in [6, 6.07) is 12.5. The van der Waals surface area contributed by atoms with Crippen molar-refractivity contribution < 1.29 is 9.21 Å². The SMILES string of the molecule is CCNC(=NCc1ccc(N2CCNC(=O)C2)cc1)NCC(c1ccco1)N1CCCC1.I. The molecule has 2 fully saturated rings. The van der Waals surface area contributed by atoms with Gasteiger partial charge < -0.3 is 25.3 Å². The van der Waals surface area contributed by atoms with E-state index in [2.05, 4.69) is 63.0 Å². The van der Waals surface area contributed by atoms with Gasteiger partial charge in [0, 0.05) is 31.9 Å². The molecule has 9 heteroatoms. The van der Waals surface area contributed by atoms with Gasteiger partial charge in [0.05, 0.1) is 25.4 Å². The van der Waals surface area contributed by atoms with Crippen LogP contribution in [0.15, 0.2) is 52.1 Å². The van der Waals surface area contributed by atoms with Crippen molar-refractivity contribution in [3.05, 3.63) is 54.0 Å². The number of benzene rings is 1. The van der Waals surface area contributed by atoms with Crippen LogP contribution in [0.5, 0.6) is 0 Å². The van der Waals surface area contributed by atoms with E-state index in [-0.39, 0.29) is 35.9 Å². The highest BCUT2D eigenvalue weighted by Gasteiger charge is 2.25. The maximum Gasteiger partial charge on any atom is 0.239 e.